The van der Waals surface area contributed by atoms with E-state index >= 15 is 0 Å². The van der Waals surface area contributed by atoms with E-state index in [1.807, 2.05) is 12.1 Å². The van der Waals surface area contributed by atoms with Gasteiger partial charge >= 0.3 is 0 Å². The highest BCUT2D eigenvalue weighted by Crippen LogP contribution is 2.51. The van der Waals surface area contributed by atoms with Crippen LogP contribution in [0, 0.1) is 0 Å². The number of hydrogen-bond donors (Lipinski definition) is 0. The molecular weight excluding hydrogens is 715 g/mol. The van der Waals surface area contributed by atoms with Crippen molar-refractivity contribution in [1.29, 1.82) is 0 Å². The SMILES string of the molecule is CC1(C)c2ccccc2-c2cc(-c3cccc(N(c4ccc5oc6ccccc6c5c4)c4cccc(-c5ccccc5)c4-c4ccccc4-c4ccccc4)c3)ccc21. The zero-order valence-corrected chi connectivity index (χ0v) is 33.1. The first-order valence-electron chi connectivity index (χ1n) is 20.4. The maximum absolute atomic E-state index is 6.37. The molecule has 0 saturated heterocycles. The maximum atomic E-state index is 6.37. The molecule has 0 fully saturated rings. The molecule has 11 rings (SSSR count). The second kappa shape index (κ2) is 13.9. The van der Waals surface area contributed by atoms with Crippen LogP contribution < -0.4 is 4.90 Å². The Kier molecular flexibility index (Phi) is 8.20. The van der Waals surface area contributed by atoms with E-state index in [1.165, 1.54) is 55.6 Å². The van der Waals surface area contributed by atoms with E-state index < -0.39 is 0 Å². The van der Waals surface area contributed by atoms with Crippen molar-refractivity contribution in [3.8, 4) is 55.6 Å². The van der Waals surface area contributed by atoms with Crippen LogP contribution in [0.2, 0.25) is 0 Å². The third kappa shape index (κ3) is 5.79. The number of fused-ring (bicyclic) bond motifs is 6. The van der Waals surface area contributed by atoms with Crippen LogP contribution in [0.15, 0.2) is 217 Å². The van der Waals surface area contributed by atoms with Gasteiger partial charge in [-0.05, 0) is 110 Å². The molecule has 0 atom stereocenters. The summed E-state index contributed by atoms with van der Waals surface area (Å²) in [6, 6.07) is 77.0. The minimum absolute atomic E-state index is 0.0464. The lowest BCUT2D eigenvalue weighted by molar-refractivity contribution is 0.660. The summed E-state index contributed by atoms with van der Waals surface area (Å²) in [4.78, 5) is 2.44. The Morgan fingerprint density at radius 1 is 0.356 bits per heavy atom. The Labute approximate surface area is 345 Å². The van der Waals surface area contributed by atoms with Gasteiger partial charge in [0.15, 0.2) is 0 Å². The molecule has 59 heavy (non-hydrogen) atoms. The molecule has 1 heterocycles. The first-order chi connectivity index (χ1) is 29.0. The second-order valence-corrected chi connectivity index (χ2v) is 16.1. The van der Waals surface area contributed by atoms with Crippen molar-refractivity contribution in [1.82, 2.24) is 0 Å². The van der Waals surface area contributed by atoms with E-state index in [1.54, 1.807) is 0 Å². The zero-order chi connectivity index (χ0) is 39.5. The van der Waals surface area contributed by atoms with Crippen LogP contribution in [0.25, 0.3) is 77.6 Å². The van der Waals surface area contributed by atoms with Crippen LogP contribution in [0.1, 0.15) is 25.0 Å². The van der Waals surface area contributed by atoms with Gasteiger partial charge in [0, 0.05) is 33.1 Å². The molecule has 10 aromatic rings. The molecule has 0 bridgehead atoms. The molecular formula is C57H41NO. The third-order valence-electron chi connectivity index (χ3n) is 12.3. The van der Waals surface area contributed by atoms with Gasteiger partial charge in [0.05, 0.1) is 5.69 Å². The summed E-state index contributed by atoms with van der Waals surface area (Å²) >= 11 is 0. The molecule has 2 heteroatoms. The first-order valence-corrected chi connectivity index (χ1v) is 20.4. The summed E-state index contributed by atoms with van der Waals surface area (Å²) in [6.07, 6.45) is 0. The Morgan fingerprint density at radius 2 is 0.932 bits per heavy atom. The molecule has 0 aliphatic heterocycles. The van der Waals surface area contributed by atoms with E-state index in [-0.39, 0.29) is 5.41 Å². The minimum atomic E-state index is -0.0464. The summed E-state index contributed by atoms with van der Waals surface area (Å²) in [7, 11) is 0. The average Bonchev–Trinajstić information content (AvgIpc) is 3.78. The van der Waals surface area contributed by atoms with Gasteiger partial charge in [-0.3, -0.25) is 0 Å². The third-order valence-corrected chi connectivity index (χ3v) is 12.3. The predicted octanol–water partition coefficient (Wildman–Crippen LogP) is 16.0. The molecule has 9 aromatic carbocycles. The Morgan fingerprint density at radius 3 is 1.75 bits per heavy atom. The van der Waals surface area contributed by atoms with Crippen molar-refractivity contribution in [3.63, 3.8) is 0 Å². The lowest BCUT2D eigenvalue weighted by Gasteiger charge is -2.30. The van der Waals surface area contributed by atoms with E-state index in [0.29, 0.717) is 0 Å². The molecule has 1 aliphatic carbocycles. The van der Waals surface area contributed by atoms with Gasteiger partial charge in [-0.1, -0.05) is 178 Å². The normalized spacial score (nSPS) is 12.7. The van der Waals surface area contributed by atoms with E-state index in [0.717, 1.165) is 50.1 Å². The fraction of sp³-hybridized carbons (Fsp3) is 0.0526. The number of nitrogens with zero attached hydrogens (tertiary/aromatic N) is 1. The van der Waals surface area contributed by atoms with Crippen molar-refractivity contribution in [3.05, 3.63) is 223 Å². The van der Waals surface area contributed by atoms with Crippen LogP contribution in [0.5, 0.6) is 0 Å². The standard InChI is InChI=1S/C57H41NO/c1-57(2)51-28-13-11-24-46(51)49-36-41(31-33-52(49)57)40-21-15-22-42(35-40)58(43-32-34-55-50(37-43)47-25-12-14-30-54(47)59-55)53-29-16-27-45(39-19-7-4-8-20-39)56(53)48-26-10-9-23-44(48)38-17-5-3-6-18-38/h3-37H,1-2H3. The largest absolute Gasteiger partial charge is 0.456 e. The lowest BCUT2D eigenvalue weighted by atomic mass is 9.82. The molecule has 280 valence electrons. The van der Waals surface area contributed by atoms with Crippen LogP contribution in [0.4, 0.5) is 17.1 Å². The molecule has 0 spiro atoms. The van der Waals surface area contributed by atoms with Gasteiger partial charge in [-0.2, -0.15) is 0 Å². The van der Waals surface area contributed by atoms with Gasteiger partial charge in [-0.25, -0.2) is 0 Å². The summed E-state index contributed by atoms with van der Waals surface area (Å²) in [5.74, 6) is 0. The van der Waals surface area contributed by atoms with Gasteiger partial charge in [0.25, 0.3) is 0 Å². The zero-order valence-electron chi connectivity index (χ0n) is 33.1. The van der Waals surface area contributed by atoms with Crippen molar-refractivity contribution in [2.75, 3.05) is 4.90 Å². The van der Waals surface area contributed by atoms with Crippen LogP contribution >= 0.6 is 0 Å². The summed E-state index contributed by atoms with van der Waals surface area (Å²) in [5, 5.41) is 2.19. The molecule has 0 radical (unpaired) electrons. The number of para-hydroxylation sites is 1. The Bertz CT molecular complexity index is 3190. The first kappa shape index (κ1) is 34.8. The van der Waals surface area contributed by atoms with Crippen molar-refractivity contribution in [2.45, 2.75) is 19.3 Å². The smallest absolute Gasteiger partial charge is 0.135 e. The monoisotopic (exact) mass is 755 g/mol. The highest BCUT2D eigenvalue weighted by molar-refractivity contribution is 6.08. The quantitative estimate of drug-likeness (QED) is 0.161. The van der Waals surface area contributed by atoms with E-state index in [9.17, 15) is 0 Å². The number of rotatable bonds is 7. The number of hydrogen-bond acceptors (Lipinski definition) is 2. The van der Waals surface area contributed by atoms with E-state index in [2.05, 4.69) is 219 Å². The number of benzene rings is 9. The van der Waals surface area contributed by atoms with Gasteiger partial charge in [0.2, 0.25) is 0 Å². The molecule has 0 amide bonds. The van der Waals surface area contributed by atoms with Crippen molar-refractivity contribution >= 4 is 39.0 Å². The highest BCUT2D eigenvalue weighted by atomic mass is 16.3. The van der Waals surface area contributed by atoms with Crippen molar-refractivity contribution in [2.24, 2.45) is 0 Å². The molecule has 0 N–H and O–H groups in total. The van der Waals surface area contributed by atoms with Crippen LogP contribution in [0.3, 0.4) is 0 Å². The minimum Gasteiger partial charge on any atom is -0.456 e. The number of furan rings is 1. The molecule has 0 unspecified atom stereocenters. The van der Waals surface area contributed by atoms with Crippen LogP contribution in [-0.2, 0) is 5.41 Å². The van der Waals surface area contributed by atoms with Gasteiger partial charge in [-0.15, -0.1) is 0 Å². The Balaban J connectivity index is 1.17. The predicted molar refractivity (Wildman–Crippen MR) is 248 cm³/mol. The maximum Gasteiger partial charge on any atom is 0.135 e. The Hall–Kier alpha value is -7.42. The highest BCUT2D eigenvalue weighted by Gasteiger charge is 2.35. The molecule has 0 saturated carbocycles. The molecule has 2 nitrogen and oxygen atoms in total. The topological polar surface area (TPSA) is 16.4 Å². The summed E-state index contributed by atoms with van der Waals surface area (Å²) < 4.78 is 6.37. The van der Waals surface area contributed by atoms with Gasteiger partial charge < -0.3 is 9.32 Å². The molecule has 1 aliphatic rings. The summed E-state index contributed by atoms with van der Waals surface area (Å²) in [5.41, 5.74) is 19.7. The van der Waals surface area contributed by atoms with Crippen molar-refractivity contribution < 1.29 is 4.42 Å². The van der Waals surface area contributed by atoms with E-state index in [4.69, 9.17) is 4.42 Å². The average molecular weight is 756 g/mol. The second-order valence-electron chi connectivity index (χ2n) is 16.1. The fourth-order valence-electron chi connectivity index (χ4n) is 9.44. The fourth-order valence-corrected chi connectivity index (χ4v) is 9.44. The molecule has 1 aromatic heterocycles. The van der Waals surface area contributed by atoms with Gasteiger partial charge in [0.1, 0.15) is 11.2 Å². The van der Waals surface area contributed by atoms with Crippen LogP contribution in [-0.4, -0.2) is 0 Å². The lowest BCUT2D eigenvalue weighted by Crippen LogP contribution is -2.14. The summed E-state index contributed by atoms with van der Waals surface area (Å²) in [6.45, 7) is 4.68. The number of anilines is 3.